The molecule has 1 aromatic carbocycles. The van der Waals surface area contributed by atoms with Crippen LogP contribution in [-0.4, -0.2) is 15.2 Å². The molecular formula is C15H16N4S3. The lowest BCUT2D eigenvalue weighted by molar-refractivity contribution is 0.867. The zero-order chi connectivity index (χ0) is 15.5. The highest BCUT2D eigenvalue weighted by atomic mass is 32.2. The Morgan fingerprint density at radius 3 is 2.55 bits per heavy atom. The van der Waals surface area contributed by atoms with E-state index in [2.05, 4.69) is 53.3 Å². The summed E-state index contributed by atoms with van der Waals surface area (Å²) < 4.78 is 0.897. The van der Waals surface area contributed by atoms with Crippen molar-refractivity contribution < 1.29 is 0 Å². The number of anilines is 1. The Bertz CT molecular complexity index is 746. The van der Waals surface area contributed by atoms with Crippen molar-refractivity contribution in [3.8, 4) is 10.6 Å². The van der Waals surface area contributed by atoms with Gasteiger partial charge in [0.05, 0.1) is 0 Å². The van der Waals surface area contributed by atoms with Crippen LogP contribution in [0.3, 0.4) is 0 Å². The number of thiazole rings is 1. The zero-order valence-corrected chi connectivity index (χ0v) is 14.8. The monoisotopic (exact) mass is 348 g/mol. The number of nitrogens with two attached hydrogens (primary N) is 1. The van der Waals surface area contributed by atoms with Crippen molar-refractivity contribution in [2.75, 3.05) is 5.73 Å². The summed E-state index contributed by atoms with van der Waals surface area (Å²) in [6.45, 7) is 4.40. The smallest absolute Gasteiger partial charge is 0.203 e. The first-order valence-corrected chi connectivity index (χ1v) is 9.50. The van der Waals surface area contributed by atoms with Crippen LogP contribution in [0.25, 0.3) is 10.6 Å². The molecule has 0 aliphatic carbocycles. The lowest BCUT2D eigenvalue weighted by Gasteiger charge is -2.05. The fourth-order valence-electron chi connectivity index (χ4n) is 1.93. The van der Waals surface area contributed by atoms with Crippen LogP contribution in [0.1, 0.15) is 30.2 Å². The lowest BCUT2D eigenvalue weighted by atomic mass is 10.0. The van der Waals surface area contributed by atoms with Crippen molar-refractivity contribution in [3.63, 3.8) is 0 Å². The van der Waals surface area contributed by atoms with Crippen LogP contribution < -0.4 is 5.73 Å². The fourth-order valence-corrected chi connectivity index (χ4v) is 4.51. The van der Waals surface area contributed by atoms with Crippen LogP contribution in [0.4, 0.5) is 5.13 Å². The van der Waals surface area contributed by atoms with Crippen molar-refractivity contribution in [1.29, 1.82) is 0 Å². The van der Waals surface area contributed by atoms with E-state index in [4.69, 9.17) is 5.73 Å². The van der Waals surface area contributed by atoms with Crippen molar-refractivity contribution >= 4 is 39.6 Å². The lowest BCUT2D eigenvalue weighted by Crippen LogP contribution is -1.86. The molecule has 0 saturated carbocycles. The molecule has 3 rings (SSSR count). The number of rotatable bonds is 5. The summed E-state index contributed by atoms with van der Waals surface area (Å²) in [4.78, 5) is 5.75. The summed E-state index contributed by atoms with van der Waals surface area (Å²) in [5.41, 5.74) is 8.11. The third-order valence-electron chi connectivity index (χ3n) is 3.14. The molecule has 0 amide bonds. The molecule has 7 heteroatoms. The van der Waals surface area contributed by atoms with Crippen LogP contribution in [0.5, 0.6) is 0 Å². The quantitative estimate of drug-likeness (QED) is 0.679. The number of nitrogens with zero attached hydrogens (tertiary/aromatic N) is 3. The molecule has 4 nitrogen and oxygen atoms in total. The highest BCUT2D eigenvalue weighted by Gasteiger charge is 2.08. The van der Waals surface area contributed by atoms with Crippen LogP contribution in [0, 0.1) is 0 Å². The fraction of sp³-hybridized carbons (Fsp3) is 0.267. The Labute approximate surface area is 141 Å². The van der Waals surface area contributed by atoms with Gasteiger partial charge in [0, 0.05) is 22.4 Å². The number of hydrogen-bond acceptors (Lipinski definition) is 7. The molecule has 3 aromatic rings. The predicted molar refractivity (Wildman–Crippen MR) is 95.5 cm³/mol. The first kappa shape index (κ1) is 15.5. The molecule has 0 saturated heterocycles. The van der Waals surface area contributed by atoms with Crippen molar-refractivity contribution in [2.45, 2.75) is 29.9 Å². The Kier molecular flexibility index (Phi) is 4.75. The van der Waals surface area contributed by atoms with Crippen LogP contribution in [-0.2, 0) is 5.75 Å². The highest BCUT2D eigenvalue weighted by Crippen LogP contribution is 2.32. The number of benzene rings is 1. The number of nitrogen functional groups attached to an aromatic ring is 1. The number of thioether (sulfide) groups is 1. The van der Waals surface area contributed by atoms with Gasteiger partial charge in [0.25, 0.3) is 0 Å². The summed E-state index contributed by atoms with van der Waals surface area (Å²) in [6, 6.07) is 8.66. The van der Waals surface area contributed by atoms with Crippen molar-refractivity contribution in [3.05, 3.63) is 40.9 Å². The van der Waals surface area contributed by atoms with Gasteiger partial charge in [-0.1, -0.05) is 61.2 Å². The van der Waals surface area contributed by atoms with Crippen molar-refractivity contribution in [1.82, 2.24) is 15.2 Å². The van der Waals surface area contributed by atoms with Gasteiger partial charge in [0.1, 0.15) is 5.01 Å². The maximum absolute atomic E-state index is 5.58. The highest BCUT2D eigenvalue weighted by molar-refractivity contribution is 8.00. The average molecular weight is 349 g/mol. The second-order valence-corrected chi connectivity index (χ2v) is 8.45. The van der Waals surface area contributed by atoms with E-state index in [-0.39, 0.29) is 0 Å². The first-order valence-electron chi connectivity index (χ1n) is 6.88. The molecule has 0 spiro atoms. The van der Waals surface area contributed by atoms with Crippen LogP contribution in [0.15, 0.2) is 34.8 Å². The van der Waals surface area contributed by atoms with Gasteiger partial charge >= 0.3 is 0 Å². The van der Waals surface area contributed by atoms with E-state index in [1.807, 2.05) is 6.20 Å². The molecule has 114 valence electrons. The largest absolute Gasteiger partial charge is 0.374 e. The predicted octanol–water partition coefficient (Wildman–Crippen LogP) is 4.66. The maximum atomic E-state index is 5.58. The van der Waals surface area contributed by atoms with Gasteiger partial charge in [-0.2, -0.15) is 0 Å². The summed E-state index contributed by atoms with van der Waals surface area (Å²) in [5.74, 6) is 1.40. The third-order valence-corrected chi connectivity index (χ3v) is 6.30. The van der Waals surface area contributed by atoms with Gasteiger partial charge in [-0.15, -0.1) is 21.5 Å². The molecule has 0 unspecified atom stereocenters. The summed E-state index contributed by atoms with van der Waals surface area (Å²) >= 11 is 4.78. The maximum Gasteiger partial charge on any atom is 0.203 e. The molecule has 0 radical (unpaired) electrons. The molecule has 0 aliphatic rings. The minimum Gasteiger partial charge on any atom is -0.374 e. The van der Waals surface area contributed by atoms with Crippen LogP contribution in [0.2, 0.25) is 0 Å². The molecule has 2 N–H and O–H groups in total. The van der Waals surface area contributed by atoms with Gasteiger partial charge < -0.3 is 5.73 Å². The Balaban J connectivity index is 1.67. The normalized spacial score (nSPS) is 11.2. The SMILES string of the molecule is CC(C)c1ccc(-c2ncc(CSc3nnc(N)s3)s2)cc1. The molecule has 0 bridgehead atoms. The summed E-state index contributed by atoms with van der Waals surface area (Å²) in [6.07, 6.45) is 1.94. The second kappa shape index (κ2) is 6.76. The van der Waals surface area contributed by atoms with E-state index in [0.717, 1.165) is 15.1 Å². The molecular weight excluding hydrogens is 332 g/mol. The molecule has 0 fully saturated rings. The van der Waals surface area contributed by atoms with Gasteiger partial charge in [-0.05, 0) is 11.5 Å². The van der Waals surface area contributed by atoms with Gasteiger partial charge in [0.15, 0.2) is 4.34 Å². The summed E-state index contributed by atoms with van der Waals surface area (Å²) in [7, 11) is 0. The van der Waals surface area contributed by atoms with E-state index in [9.17, 15) is 0 Å². The molecule has 2 aromatic heterocycles. The Hall–Kier alpha value is -1.44. The molecule has 2 heterocycles. The van der Waals surface area contributed by atoms with Crippen molar-refractivity contribution in [2.24, 2.45) is 0 Å². The van der Waals surface area contributed by atoms with Gasteiger partial charge in [-0.3, -0.25) is 0 Å². The number of aromatic nitrogens is 3. The average Bonchev–Trinajstić information content (AvgIpc) is 3.14. The molecule has 0 aliphatic heterocycles. The zero-order valence-electron chi connectivity index (χ0n) is 12.3. The minimum absolute atomic E-state index is 0.512. The van der Waals surface area contributed by atoms with E-state index >= 15 is 0 Å². The topological polar surface area (TPSA) is 64.7 Å². The van der Waals surface area contributed by atoms with E-state index < -0.39 is 0 Å². The standard InChI is InChI=1S/C15H16N4S3/c1-9(2)10-3-5-11(6-4-10)13-17-7-12(21-13)8-20-15-19-18-14(16)22-15/h3-7,9H,8H2,1-2H3,(H2,16,18). The first-order chi connectivity index (χ1) is 10.6. The van der Waals surface area contributed by atoms with Crippen LogP contribution >= 0.6 is 34.4 Å². The Morgan fingerprint density at radius 2 is 1.91 bits per heavy atom. The number of hydrogen-bond donors (Lipinski definition) is 1. The van der Waals surface area contributed by atoms with E-state index in [1.165, 1.54) is 27.3 Å². The second-order valence-electron chi connectivity index (χ2n) is 5.10. The third kappa shape index (κ3) is 3.66. The Morgan fingerprint density at radius 1 is 1.14 bits per heavy atom. The van der Waals surface area contributed by atoms with Gasteiger partial charge in [0.2, 0.25) is 5.13 Å². The van der Waals surface area contributed by atoms with E-state index in [0.29, 0.717) is 11.0 Å². The summed E-state index contributed by atoms with van der Waals surface area (Å²) in [5, 5.41) is 9.40. The molecule has 22 heavy (non-hydrogen) atoms. The minimum atomic E-state index is 0.512. The molecule has 0 atom stereocenters. The van der Waals surface area contributed by atoms with E-state index in [1.54, 1.807) is 23.1 Å². The van der Waals surface area contributed by atoms with Gasteiger partial charge in [-0.25, -0.2) is 4.98 Å².